The fourth-order valence-corrected chi connectivity index (χ4v) is 3.72. The Morgan fingerprint density at radius 3 is 2.37 bits per heavy atom. The molecule has 3 N–H and O–H groups in total. The number of hydrogen-bond donors (Lipinski definition) is 3. The summed E-state index contributed by atoms with van der Waals surface area (Å²) in [6, 6.07) is 6.47. The zero-order valence-electron chi connectivity index (χ0n) is 17.9. The zero-order valence-corrected chi connectivity index (χ0v) is 20.1. The molecule has 1 rings (SSSR count). The van der Waals surface area contributed by atoms with E-state index >= 15 is 0 Å². The molecule has 0 heterocycles. The fraction of sp³-hybridized carbons (Fsp3) is 0.609. The van der Waals surface area contributed by atoms with Crippen molar-refractivity contribution in [3.05, 3.63) is 33.4 Å². The lowest BCUT2D eigenvalue weighted by Gasteiger charge is -2.14. The first kappa shape index (κ1) is 26.4. The smallest absolute Gasteiger partial charge is 0.326 e. The summed E-state index contributed by atoms with van der Waals surface area (Å²) in [5, 5.41) is 14.8. The molecule has 0 aromatic heterocycles. The molecule has 30 heavy (non-hydrogen) atoms. The van der Waals surface area contributed by atoms with E-state index in [2.05, 4.69) is 40.1 Å². The highest BCUT2D eigenvalue weighted by Gasteiger charge is 2.19. The van der Waals surface area contributed by atoms with Gasteiger partial charge in [-0.25, -0.2) is 4.79 Å². The van der Waals surface area contributed by atoms with Crippen molar-refractivity contribution >= 4 is 40.4 Å². The lowest BCUT2D eigenvalue weighted by Crippen LogP contribution is -2.40. The van der Waals surface area contributed by atoms with Crippen molar-refractivity contribution in [2.45, 2.75) is 83.6 Å². The van der Waals surface area contributed by atoms with E-state index in [4.69, 9.17) is 0 Å². The van der Waals surface area contributed by atoms with Crippen LogP contribution in [-0.4, -0.2) is 35.5 Å². The van der Waals surface area contributed by atoms with Crippen LogP contribution in [0.25, 0.3) is 0 Å². The van der Waals surface area contributed by atoms with Crippen LogP contribution in [0.15, 0.2) is 24.3 Å². The second-order valence-electron chi connectivity index (χ2n) is 7.59. The summed E-state index contributed by atoms with van der Waals surface area (Å²) in [6.45, 7) is 2.66. The van der Waals surface area contributed by atoms with Crippen LogP contribution in [0.5, 0.6) is 0 Å². The average molecular weight is 530 g/mol. The molecular formula is C23H35IN2O4. The maximum atomic E-state index is 12.1. The van der Waals surface area contributed by atoms with E-state index in [0.29, 0.717) is 37.8 Å². The molecule has 168 valence electrons. The summed E-state index contributed by atoms with van der Waals surface area (Å²) < 4.78 is 0.997. The highest BCUT2D eigenvalue weighted by atomic mass is 127. The van der Waals surface area contributed by atoms with Gasteiger partial charge in [-0.05, 0) is 66.5 Å². The van der Waals surface area contributed by atoms with Gasteiger partial charge in [0.05, 0.1) is 0 Å². The Bertz CT molecular complexity index is 666. The normalized spacial score (nSPS) is 11.7. The Morgan fingerprint density at radius 2 is 1.70 bits per heavy atom. The van der Waals surface area contributed by atoms with E-state index in [0.717, 1.165) is 22.8 Å². The van der Waals surface area contributed by atoms with E-state index in [-0.39, 0.29) is 11.8 Å². The van der Waals surface area contributed by atoms with Gasteiger partial charge in [0.2, 0.25) is 5.91 Å². The van der Waals surface area contributed by atoms with Crippen LogP contribution >= 0.6 is 22.6 Å². The molecule has 0 bridgehead atoms. The van der Waals surface area contributed by atoms with Crippen LogP contribution < -0.4 is 10.6 Å². The van der Waals surface area contributed by atoms with Crippen LogP contribution in [0.3, 0.4) is 0 Å². The molecular weight excluding hydrogens is 495 g/mol. The Morgan fingerprint density at radius 1 is 1.00 bits per heavy atom. The SMILES string of the molecule is CCCCCCCCCC(=O)NC(CCCCNC(=O)c1cccc(I)c1)C(=O)O. The van der Waals surface area contributed by atoms with E-state index in [9.17, 15) is 19.5 Å². The largest absolute Gasteiger partial charge is 0.480 e. The third-order valence-electron chi connectivity index (χ3n) is 4.93. The molecule has 1 unspecified atom stereocenters. The van der Waals surface area contributed by atoms with Crippen molar-refractivity contribution in [3.63, 3.8) is 0 Å². The first-order valence-electron chi connectivity index (χ1n) is 11.0. The molecule has 0 aliphatic carbocycles. The summed E-state index contributed by atoms with van der Waals surface area (Å²) in [5.74, 6) is -1.33. The molecule has 1 aromatic carbocycles. The maximum absolute atomic E-state index is 12.1. The standard InChI is InChI=1S/C23H35IN2O4/c1-2-3-4-5-6-7-8-15-21(27)26-20(23(29)30)14-9-10-16-25-22(28)18-12-11-13-19(24)17-18/h11-13,17,20H,2-10,14-16H2,1H3,(H,25,28)(H,26,27)(H,29,30). The molecule has 0 aliphatic rings. The van der Waals surface area contributed by atoms with Gasteiger partial charge < -0.3 is 15.7 Å². The first-order chi connectivity index (χ1) is 14.4. The number of nitrogens with one attached hydrogen (secondary N) is 2. The second kappa shape index (κ2) is 16.1. The Hall–Kier alpha value is -1.64. The molecule has 0 saturated heterocycles. The van der Waals surface area contributed by atoms with Gasteiger partial charge in [-0.3, -0.25) is 9.59 Å². The Balaban J connectivity index is 2.18. The molecule has 0 saturated carbocycles. The predicted molar refractivity (Wildman–Crippen MR) is 128 cm³/mol. The summed E-state index contributed by atoms with van der Waals surface area (Å²) in [6.07, 6.45) is 9.87. The van der Waals surface area contributed by atoms with Gasteiger partial charge in [0.15, 0.2) is 0 Å². The monoisotopic (exact) mass is 530 g/mol. The zero-order chi connectivity index (χ0) is 22.2. The van der Waals surface area contributed by atoms with Crippen LogP contribution in [0, 0.1) is 3.57 Å². The molecule has 2 amide bonds. The van der Waals surface area contributed by atoms with E-state index in [1.807, 2.05) is 18.2 Å². The average Bonchev–Trinajstić information content (AvgIpc) is 2.71. The number of carbonyl (C=O) groups excluding carboxylic acids is 2. The van der Waals surface area contributed by atoms with E-state index in [1.165, 1.54) is 25.7 Å². The number of hydrogen-bond acceptors (Lipinski definition) is 3. The summed E-state index contributed by atoms with van der Waals surface area (Å²) in [5.41, 5.74) is 0.614. The van der Waals surface area contributed by atoms with Crippen LogP contribution in [-0.2, 0) is 9.59 Å². The summed E-state index contributed by atoms with van der Waals surface area (Å²) in [7, 11) is 0. The van der Waals surface area contributed by atoms with E-state index < -0.39 is 12.0 Å². The third kappa shape index (κ3) is 12.1. The maximum Gasteiger partial charge on any atom is 0.326 e. The van der Waals surface area contributed by atoms with Crippen LogP contribution in [0.2, 0.25) is 0 Å². The van der Waals surface area contributed by atoms with Crippen LogP contribution in [0.4, 0.5) is 0 Å². The molecule has 1 aromatic rings. The fourth-order valence-electron chi connectivity index (χ4n) is 3.17. The molecule has 1 atom stereocenters. The van der Waals surface area contributed by atoms with Crippen molar-refractivity contribution in [2.75, 3.05) is 6.54 Å². The van der Waals surface area contributed by atoms with E-state index in [1.54, 1.807) is 6.07 Å². The lowest BCUT2D eigenvalue weighted by molar-refractivity contribution is -0.142. The van der Waals surface area contributed by atoms with Crippen LogP contribution in [0.1, 0.15) is 87.9 Å². The highest BCUT2D eigenvalue weighted by molar-refractivity contribution is 14.1. The van der Waals surface area contributed by atoms with Crippen molar-refractivity contribution in [2.24, 2.45) is 0 Å². The number of unbranched alkanes of at least 4 members (excludes halogenated alkanes) is 7. The number of benzene rings is 1. The number of amides is 2. The minimum Gasteiger partial charge on any atom is -0.480 e. The molecule has 0 aliphatic heterocycles. The van der Waals surface area contributed by atoms with Gasteiger partial charge in [-0.15, -0.1) is 0 Å². The van der Waals surface area contributed by atoms with Crippen molar-refractivity contribution in [3.8, 4) is 0 Å². The molecule has 0 radical (unpaired) electrons. The topological polar surface area (TPSA) is 95.5 Å². The predicted octanol–water partition coefficient (Wildman–Crippen LogP) is 4.90. The van der Waals surface area contributed by atoms with Gasteiger partial charge in [0.25, 0.3) is 5.91 Å². The van der Waals surface area contributed by atoms with Gasteiger partial charge in [-0.2, -0.15) is 0 Å². The second-order valence-corrected chi connectivity index (χ2v) is 8.84. The number of carboxylic acid groups (broad SMARTS) is 1. The number of aliphatic carboxylic acids is 1. The number of halogens is 1. The lowest BCUT2D eigenvalue weighted by atomic mass is 10.1. The Labute approximate surface area is 193 Å². The third-order valence-corrected chi connectivity index (χ3v) is 5.60. The number of rotatable bonds is 16. The van der Waals surface area contributed by atoms with Gasteiger partial charge in [-0.1, -0.05) is 51.5 Å². The van der Waals surface area contributed by atoms with Gasteiger partial charge >= 0.3 is 5.97 Å². The minimum absolute atomic E-state index is 0.133. The first-order valence-corrected chi connectivity index (χ1v) is 12.1. The van der Waals surface area contributed by atoms with Crippen molar-refractivity contribution < 1.29 is 19.5 Å². The quantitative estimate of drug-likeness (QED) is 0.209. The summed E-state index contributed by atoms with van der Waals surface area (Å²) in [4.78, 5) is 35.5. The van der Waals surface area contributed by atoms with Crippen molar-refractivity contribution in [1.29, 1.82) is 0 Å². The Kier molecular flexibility index (Phi) is 14.2. The molecule has 0 fully saturated rings. The van der Waals surface area contributed by atoms with Gasteiger partial charge in [0.1, 0.15) is 6.04 Å². The summed E-state index contributed by atoms with van der Waals surface area (Å²) >= 11 is 2.16. The molecule has 0 spiro atoms. The number of carbonyl (C=O) groups is 3. The van der Waals surface area contributed by atoms with Gasteiger partial charge in [0, 0.05) is 22.1 Å². The highest BCUT2D eigenvalue weighted by Crippen LogP contribution is 2.10. The molecule has 6 nitrogen and oxygen atoms in total. The molecule has 7 heteroatoms. The minimum atomic E-state index is -1.01. The number of carboxylic acids is 1. The van der Waals surface area contributed by atoms with Crippen molar-refractivity contribution in [1.82, 2.24) is 10.6 Å².